The van der Waals surface area contributed by atoms with Crippen molar-refractivity contribution < 1.29 is 14.0 Å². The van der Waals surface area contributed by atoms with Crippen LogP contribution < -0.4 is 9.47 Å². The molecule has 0 bridgehead atoms. The molecule has 0 N–H and O–H groups in total. The van der Waals surface area contributed by atoms with Gasteiger partial charge in [-0.1, -0.05) is 25.9 Å². The molecule has 0 fully saturated rings. The fourth-order valence-corrected chi connectivity index (χ4v) is 2.07. The molecule has 0 spiro atoms. The first-order valence-electron chi connectivity index (χ1n) is 8.12. The minimum Gasteiger partial charge on any atom is -0.497 e. The molecule has 1 aromatic carbocycles. The van der Waals surface area contributed by atoms with Crippen LogP contribution in [0.3, 0.4) is 0 Å². The summed E-state index contributed by atoms with van der Waals surface area (Å²) >= 11 is 0. The summed E-state index contributed by atoms with van der Waals surface area (Å²) in [6.45, 7) is 9.58. The number of methoxy groups -OCH3 is 1. The number of hydrogen-bond acceptors (Lipinski definition) is 6. The average molecular weight is 333 g/mol. The van der Waals surface area contributed by atoms with Gasteiger partial charge in [-0.15, -0.1) is 0 Å². The van der Waals surface area contributed by atoms with Crippen LogP contribution in [0.25, 0.3) is 0 Å². The summed E-state index contributed by atoms with van der Waals surface area (Å²) in [5.41, 5.74) is -0.114. The van der Waals surface area contributed by atoms with Crippen molar-refractivity contribution in [1.29, 1.82) is 0 Å². The van der Waals surface area contributed by atoms with E-state index in [1.54, 1.807) is 7.11 Å². The number of hydrogen-bond donors (Lipinski definition) is 0. The van der Waals surface area contributed by atoms with Crippen molar-refractivity contribution in [3.63, 3.8) is 0 Å². The standard InChI is InChI=1S/C18H27N3O3/c1-13(16-19-17(20-24-16)18(2,3)4)21(5)11-12-23-15-9-7-14(22-6)8-10-15/h7-10,13H,11-12H2,1-6H3. The van der Waals surface area contributed by atoms with Crippen LogP contribution in [-0.2, 0) is 5.41 Å². The maximum absolute atomic E-state index is 5.76. The van der Waals surface area contributed by atoms with Gasteiger partial charge in [0, 0.05) is 12.0 Å². The van der Waals surface area contributed by atoms with E-state index in [1.807, 2.05) is 38.2 Å². The van der Waals surface area contributed by atoms with E-state index in [4.69, 9.17) is 14.0 Å². The van der Waals surface area contributed by atoms with Gasteiger partial charge >= 0.3 is 0 Å². The van der Waals surface area contributed by atoms with E-state index in [-0.39, 0.29) is 11.5 Å². The molecule has 0 amide bonds. The molecule has 1 atom stereocenters. The minimum atomic E-state index is -0.114. The molecule has 0 aliphatic heterocycles. The van der Waals surface area contributed by atoms with Crippen LogP contribution in [0, 0.1) is 0 Å². The number of benzene rings is 1. The minimum absolute atomic E-state index is 0.0352. The van der Waals surface area contributed by atoms with E-state index in [0.29, 0.717) is 12.5 Å². The van der Waals surface area contributed by atoms with Gasteiger partial charge in [0.05, 0.1) is 13.2 Å². The molecular weight excluding hydrogens is 306 g/mol. The number of aromatic nitrogens is 2. The number of rotatable bonds is 7. The summed E-state index contributed by atoms with van der Waals surface area (Å²) in [7, 11) is 3.66. The third-order valence-corrected chi connectivity index (χ3v) is 3.90. The van der Waals surface area contributed by atoms with Crippen molar-refractivity contribution in [2.75, 3.05) is 27.3 Å². The molecule has 6 heteroatoms. The third kappa shape index (κ3) is 4.71. The normalized spacial score (nSPS) is 13.1. The molecule has 2 aromatic rings. The fraction of sp³-hybridized carbons (Fsp3) is 0.556. The van der Waals surface area contributed by atoms with Crippen molar-refractivity contribution >= 4 is 0 Å². The smallest absolute Gasteiger partial charge is 0.243 e. The molecule has 0 saturated heterocycles. The lowest BCUT2D eigenvalue weighted by Gasteiger charge is -2.21. The van der Waals surface area contributed by atoms with Crippen LogP contribution in [0.5, 0.6) is 11.5 Å². The first-order valence-corrected chi connectivity index (χ1v) is 8.12. The zero-order valence-electron chi connectivity index (χ0n) is 15.4. The van der Waals surface area contributed by atoms with Gasteiger partial charge in [-0.2, -0.15) is 4.98 Å². The highest BCUT2D eigenvalue weighted by atomic mass is 16.5. The first-order chi connectivity index (χ1) is 11.3. The van der Waals surface area contributed by atoms with Crippen LogP contribution in [0.15, 0.2) is 28.8 Å². The van der Waals surface area contributed by atoms with Crippen molar-refractivity contribution in [2.45, 2.75) is 39.2 Å². The SMILES string of the molecule is COc1ccc(OCCN(C)C(C)c2nc(C(C)(C)C)no2)cc1. The number of ether oxygens (including phenoxy) is 2. The van der Waals surface area contributed by atoms with Crippen molar-refractivity contribution in [2.24, 2.45) is 0 Å². The van der Waals surface area contributed by atoms with Crippen molar-refractivity contribution in [3.8, 4) is 11.5 Å². The van der Waals surface area contributed by atoms with Gasteiger partial charge in [0.15, 0.2) is 5.82 Å². The van der Waals surface area contributed by atoms with Gasteiger partial charge < -0.3 is 14.0 Å². The Labute approximate surface area is 143 Å². The molecule has 6 nitrogen and oxygen atoms in total. The van der Waals surface area contributed by atoms with E-state index >= 15 is 0 Å². The summed E-state index contributed by atoms with van der Waals surface area (Å²) in [5.74, 6) is 3.00. The van der Waals surface area contributed by atoms with Gasteiger partial charge in [-0.05, 0) is 38.2 Å². The van der Waals surface area contributed by atoms with E-state index in [0.717, 1.165) is 23.9 Å². The predicted octanol–water partition coefficient (Wildman–Crippen LogP) is 3.45. The molecule has 1 aromatic heterocycles. The zero-order chi connectivity index (χ0) is 17.7. The van der Waals surface area contributed by atoms with Crippen LogP contribution in [-0.4, -0.2) is 42.3 Å². The summed E-state index contributed by atoms with van der Waals surface area (Å²) in [5, 5.41) is 4.08. The highest BCUT2D eigenvalue weighted by molar-refractivity contribution is 5.31. The molecule has 132 valence electrons. The third-order valence-electron chi connectivity index (χ3n) is 3.90. The molecular formula is C18H27N3O3. The predicted molar refractivity (Wildman–Crippen MR) is 92.5 cm³/mol. The molecule has 0 radical (unpaired) electrons. The van der Waals surface area contributed by atoms with Gasteiger partial charge in [0.2, 0.25) is 5.89 Å². The lowest BCUT2D eigenvalue weighted by molar-refractivity contribution is 0.173. The lowest BCUT2D eigenvalue weighted by Crippen LogP contribution is -2.27. The Morgan fingerprint density at radius 2 is 1.79 bits per heavy atom. The second-order valence-electron chi connectivity index (χ2n) is 6.89. The Bertz CT molecular complexity index is 632. The Morgan fingerprint density at radius 3 is 2.33 bits per heavy atom. The molecule has 0 aliphatic carbocycles. The van der Waals surface area contributed by atoms with Crippen molar-refractivity contribution in [1.82, 2.24) is 15.0 Å². The Morgan fingerprint density at radius 1 is 1.17 bits per heavy atom. The monoisotopic (exact) mass is 333 g/mol. The largest absolute Gasteiger partial charge is 0.497 e. The maximum atomic E-state index is 5.76. The highest BCUT2D eigenvalue weighted by Crippen LogP contribution is 2.23. The number of likely N-dealkylation sites (N-methyl/N-ethyl adjacent to an activating group) is 1. The molecule has 2 rings (SSSR count). The number of nitrogens with zero attached hydrogens (tertiary/aromatic N) is 3. The second kappa shape index (κ2) is 7.66. The topological polar surface area (TPSA) is 60.6 Å². The van der Waals surface area contributed by atoms with Crippen LogP contribution in [0.4, 0.5) is 0 Å². The van der Waals surface area contributed by atoms with E-state index in [1.165, 1.54) is 0 Å². The summed E-state index contributed by atoms with van der Waals surface area (Å²) < 4.78 is 16.3. The first kappa shape index (κ1) is 18.3. The fourth-order valence-electron chi connectivity index (χ4n) is 2.07. The molecule has 0 saturated carbocycles. The highest BCUT2D eigenvalue weighted by Gasteiger charge is 2.24. The van der Waals surface area contributed by atoms with E-state index < -0.39 is 0 Å². The van der Waals surface area contributed by atoms with Crippen LogP contribution >= 0.6 is 0 Å². The van der Waals surface area contributed by atoms with Gasteiger partial charge in [-0.25, -0.2) is 0 Å². The Balaban J connectivity index is 1.84. The van der Waals surface area contributed by atoms with Gasteiger partial charge in [0.1, 0.15) is 18.1 Å². The van der Waals surface area contributed by atoms with Gasteiger partial charge in [0.25, 0.3) is 0 Å². The molecule has 1 unspecified atom stereocenters. The summed E-state index contributed by atoms with van der Waals surface area (Å²) in [6.07, 6.45) is 0. The Kier molecular flexibility index (Phi) is 5.83. The lowest BCUT2D eigenvalue weighted by atomic mass is 9.96. The average Bonchev–Trinajstić information content (AvgIpc) is 3.05. The zero-order valence-corrected chi connectivity index (χ0v) is 15.4. The second-order valence-corrected chi connectivity index (χ2v) is 6.89. The summed E-state index contributed by atoms with van der Waals surface area (Å²) in [6, 6.07) is 7.60. The van der Waals surface area contributed by atoms with Crippen LogP contribution in [0.1, 0.15) is 45.5 Å². The Hall–Kier alpha value is -2.08. The quantitative estimate of drug-likeness (QED) is 0.773. The van der Waals surface area contributed by atoms with Gasteiger partial charge in [-0.3, -0.25) is 4.90 Å². The molecule has 1 heterocycles. The van der Waals surface area contributed by atoms with E-state index in [2.05, 4.69) is 35.8 Å². The maximum Gasteiger partial charge on any atom is 0.243 e. The van der Waals surface area contributed by atoms with Crippen LogP contribution in [0.2, 0.25) is 0 Å². The van der Waals surface area contributed by atoms with Crippen molar-refractivity contribution in [3.05, 3.63) is 36.0 Å². The summed E-state index contributed by atoms with van der Waals surface area (Å²) in [4.78, 5) is 6.64. The molecule has 24 heavy (non-hydrogen) atoms. The molecule has 0 aliphatic rings. The van der Waals surface area contributed by atoms with E-state index in [9.17, 15) is 0 Å².